The number of rotatable bonds is 4. The van der Waals surface area contributed by atoms with E-state index in [1.54, 1.807) is 0 Å². The van der Waals surface area contributed by atoms with Crippen LogP contribution in [0.2, 0.25) is 0 Å². The predicted molar refractivity (Wildman–Crippen MR) is 66.4 cm³/mol. The van der Waals surface area contributed by atoms with Gasteiger partial charge in [0, 0.05) is 18.2 Å². The number of hydrogen-bond donors (Lipinski definition) is 1. The van der Waals surface area contributed by atoms with E-state index in [1.807, 2.05) is 0 Å². The summed E-state index contributed by atoms with van der Waals surface area (Å²) in [4.78, 5) is 31.0. The number of carboxylic acid groups (broad SMARTS) is 1. The van der Waals surface area contributed by atoms with E-state index in [1.165, 1.54) is 5.38 Å². The third-order valence-electron chi connectivity index (χ3n) is 2.74. The Morgan fingerprint density at radius 2 is 2.15 bits per heavy atom. The molecular weight excluding hydrogens is 293 g/mol. The number of carbonyl (C=O) groups excluding carboxylic acids is 2. The van der Waals surface area contributed by atoms with Crippen LogP contribution in [0.25, 0.3) is 0 Å². The van der Waals surface area contributed by atoms with Crippen LogP contribution in [0.5, 0.6) is 0 Å². The van der Waals surface area contributed by atoms with Gasteiger partial charge < -0.3 is 20.5 Å². The van der Waals surface area contributed by atoms with Crippen molar-refractivity contribution in [1.29, 1.82) is 0 Å². The first-order chi connectivity index (χ1) is 9.06. The summed E-state index contributed by atoms with van der Waals surface area (Å²) in [7, 11) is 0. The SMILES string of the molecule is Nc1nc(C(=NOC2CCC(=O)CC2)C(=O)[O-])cs1.[Na+]. The zero-order valence-corrected chi connectivity index (χ0v) is 13.8. The van der Waals surface area contributed by atoms with Crippen molar-refractivity contribution in [2.45, 2.75) is 31.8 Å². The van der Waals surface area contributed by atoms with Crippen LogP contribution in [-0.2, 0) is 14.4 Å². The Bertz CT molecular complexity index is 521. The Hall–Kier alpha value is -0.960. The molecule has 7 nitrogen and oxygen atoms in total. The molecule has 0 saturated heterocycles. The molecule has 2 rings (SSSR count). The number of nitrogens with zero attached hydrogens (tertiary/aromatic N) is 2. The smallest absolute Gasteiger partial charge is 0.543 e. The monoisotopic (exact) mass is 305 g/mol. The van der Waals surface area contributed by atoms with E-state index in [0.29, 0.717) is 25.7 Å². The maximum atomic E-state index is 11.1. The van der Waals surface area contributed by atoms with Gasteiger partial charge in [-0.1, -0.05) is 5.16 Å². The van der Waals surface area contributed by atoms with E-state index < -0.39 is 5.97 Å². The first-order valence-electron chi connectivity index (χ1n) is 5.74. The second kappa shape index (κ2) is 7.72. The van der Waals surface area contributed by atoms with E-state index in [4.69, 9.17) is 10.6 Å². The fraction of sp³-hybridized carbons (Fsp3) is 0.455. The van der Waals surface area contributed by atoms with Crippen molar-refractivity contribution in [2.24, 2.45) is 5.16 Å². The van der Waals surface area contributed by atoms with E-state index in [2.05, 4.69) is 10.1 Å². The molecule has 1 saturated carbocycles. The summed E-state index contributed by atoms with van der Waals surface area (Å²) in [5.41, 5.74) is 5.17. The number of aliphatic carboxylic acids is 1. The van der Waals surface area contributed by atoms with Gasteiger partial charge in [0.05, 0.1) is 5.97 Å². The predicted octanol–water partition coefficient (Wildman–Crippen LogP) is -3.29. The maximum absolute atomic E-state index is 11.1. The van der Waals surface area contributed by atoms with Crippen LogP contribution in [0.15, 0.2) is 10.5 Å². The Labute approximate surface area is 141 Å². The standard InChI is InChI=1S/C11H13N3O4S.Na/c12-11-13-8(5-19-11)9(10(16)17)14-18-7-3-1-6(15)2-4-7;/h5,7H,1-4H2,(H2,12,13)(H,16,17);/q;+1/p-1. The Kier molecular flexibility index (Phi) is 6.60. The molecule has 1 fully saturated rings. The summed E-state index contributed by atoms with van der Waals surface area (Å²) in [5, 5.41) is 16.3. The van der Waals surface area contributed by atoms with E-state index in [0.717, 1.165) is 11.3 Å². The summed E-state index contributed by atoms with van der Waals surface area (Å²) in [6.45, 7) is 0. The fourth-order valence-electron chi connectivity index (χ4n) is 1.73. The molecule has 9 heteroatoms. The Morgan fingerprint density at radius 3 is 2.65 bits per heavy atom. The molecule has 0 unspecified atom stereocenters. The molecule has 0 amide bonds. The van der Waals surface area contributed by atoms with Gasteiger partial charge in [-0.15, -0.1) is 11.3 Å². The molecule has 1 heterocycles. The third kappa shape index (κ3) is 4.55. The average molecular weight is 305 g/mol. The second-order valence-corrected chi connectivity index (χ2v) is 5.03. The van der Waals surface area contributed by atoms with Crippen molar-refractivity contribution in [1.82, 2.24) is 4.98 Å². The molecule has 0 bridgehead atoms. The van der Waals surface area contributed by atoms with Gasteiger partial charge in [0.15, 0.2) is 10.8 Å². The van der Waals surface area contributed by atoms with Gasteiger partial charge in [-0.3, -0.25) is 4.79 Å². The summed E-state index contributed by atoms with van der Waals surface area (Å²) >= 11 is 1.11. The largest absolute Gasteiger partial charge is 1.00 e. The normalized spacial score (nSPS) is 16.6. The number of nitrogen functional groups attached to an aromatic ring is 1. The molecule has 0 aromatic carbocycles. The maximum Gasteiger partial charge on any atom is 1.00 e. The molecule has 1 aliphatic rings. The van der Waals surface area contributed by atoms with E-state index in [9.17, 15) is 14.7 Å². The van der Waals surface area contributed by atoms with Crippen LogP contribution >= 0.6 is 11.3 Å². The number of carbonyl (C=O) groups is 2. The van der Waals surface area contributed by atoms with Crippen LogP contribution in [0.4, 0.5) is 5.13 Å². The number of nitrogens with two attached hydrogens (primary N) is 1. The number of thiazole rings is 1. The van der Waals surface area contributed by atoms with Gasteiger partial charge in [0.2, 0.25) is 0 Å². The average Bonchev–Trinajstić information content (AvgIpc) is 2.78. The molecule has 0 radical (unpaired) electrons. The number of carboxylic acids is 1. The molecule has 1 aliphatic carbocycles. The number of anilines is 1. The van der Waals surface area contributed by atoms with Crippen molar-refractivity contribution < 1.29 is 49.1 Å². The minimum absolute atomic E-state index is 0. The second-order valence-electron chi connectivity index (χ2n) is 4.14. The number of oxime groups is 1. The first kappa shape index (κ1) is 17.1. The number of aromatic nitrogens is 1. The molecule has 0 spiro atoms. The van der Waals surface area contributed by atoms with Crippen LogP contribution < -0.4 is 40.4 Å². The first-order valence-corrected chi connectivity index (χ1v) is 6.62. The molecule has 0 aliphatic heterocycles. The van der Waals surface area contributed by atoms with Crippen molar-refractivity contribution >= 4 is 33.9 Å². The number of Topliss-reactive ketones (excluding diaryl/α,β-unsaturated/α-hetero) is 1. The van der Waals surface area contributed by atoms with Crippen LogP contribution in [0, 0.1) is 0 Å². The fourth-order valence-corrected chi connectivity index (χ4v) is 2.28. The van der Waals surface area contributed by atoms with Gasteiger partial charge in [-0.05, 0) is 12.8 Å². The quantitative estimate of drug-likeness (QED) is 0.354. The Balaban J connectivity index is 0.00000200. The third-order valence-corrected chi connectivity index (χ3v) is 3.42. The summed E-state index contributed by atoms with van der Waals surface area (Å²) in [5.74, 6) is -1.28. The number of ketones is 1. The van der Waals surface area contributed by atoms with Crippen molar-refractivity contribution in [3.63, 3.8) is 0 Å². The van der Waals surface area contributed by atoms with Gasteiger partial charge >= 0.3 is 29.6 Å². The molecule has 20 heavy (non-hydrogen) atoms. The van der Waals surface area contributed by atoms with Gasteiger partial charge in [0.1, 0.15) is 17.6 Å². The summed E-state index contributed by atoms with van der Waals surface area (Å²) in [6.07, 6.45) is 1.71. The molecule has 102 valence electrons. The molecule has 2 N–H and O–H groups in total. The molecule has 1 aromatic rings. The van der Waals surface area contributed by atoms with Gasteiger partial charge in [0.25, 0.3) is 0 Å². The van der Waals surface area contributed by atoms with E-state index in [-0.39, 0.29) is 58.0 Å². The summed E-state index contributed by atoms with van der Waals surface area (Å²) in [6, 6.07) is 0. The van der Waals surface area contributed by atoms with Gasteiger partial charge in [-0.25, -0.2) is 4.98 Å². The minimum Gasteiger partial charge on any atom is -0.543 e. The van der Waals surface area contributed by atoms with Crippen LogP contribution in [-0.4, -0.2) is 28.6 Å². The van der Waals surface area contributed by atoms with Crippen LogP contribution in [0.3, 0.4) is 0 Å². The van der Waals surface area contributed by atoms with Crippen molar-refractivity contribution in [3.8, 4) is 0 Å². The minimum atomic E-state index is -1.47. The van der Waals surface area contributed by atoms with Crippen molar-refractivity contribution in [3.05, 3.63) is 11.1 Å². The van der Waals surface area contributed by atoms with Gasteiger partial charge in [-0.2, -0.15) is 0 Å². The van der Waals surface area contributed by atoms with E-state index >= 15 is 0 Å². The number of hydrogen-bond acceptors (Lipinski definition) is 8. The Morgan fingerprint density at radius 1 is 1.50 bits per heavy atom. The zero-order chi connectivity index (χ0) is 13.8. The molecular formula is C11H12N3NaO4S. The zero-order valence-electron chi connectivity index (χ0n) is 11.0. The van der Waals surface area contributed by atoms with Crippen molar-refractivity contribution in [2.75, 3.05) is 5.73 Å². The summed E-state index contributed by atoms with van der Waals surface area (Å²) < 4.78 is 0. The molecule has 0 atom stereocenters. The topological polar surface area (TPSA) is 118 Å². The molecule has 1 aromatic heterocycles. The van der Waals surface area contributed by atoms with Crippen LogP contribution in [0.1, 0.15) is 31.4 Å².